The Hall–Kier alpha value is -2.48. The van der Waals surface area contributed by atoms with Gasteiger partial charge in [0.15, 0.2) is 0 Å². The molecule has 4 rings (SSSR count). The molecule has 24 heavy (non-hydrogen) atoms. The number of azo groups is 1. The number of benzene rings is 2. The molecule has 0 aromatic heterocycles. The molecule has 0 spiro atoms. The summed E-state index contributed by atoms with van der Waals surface area (Å²) in [6.07, 6.45) is 5.60. The van der Waals surface area contributed by atoms with E-state index in [1.807, 2.05) is 0 Å². The van der Waals surface area contributed by atoms with Crippen molar-refractivity contribution in [2.75, 3.05) is 0 Å². The summed E-state index contributed by atoms with van der Waals surface area (Å²) in [6.45, 7) is 6.52. The second-order valence-corrected chi connectivity index (χ2v) is 7.08. The maximum atomic E-state index is 4.43. The molecule has 2 heteroatoms. The molecule has 0 saturated heterocycles. The Morgan fingerprint density at radius 1 is 1.00 bits per heavy atom. The van der Waals surface area contributed by atoms with Gasteiger partial charge < -0.3 is 0 Å². The van der Waals surface area contributed by atoms with Crippen LogP contribution in [-0.4, -0.2) is 0 Å². The summed E-state index contributed by atoms with van der Waals surface area (Å²) in [5, 5.41) is 8.83. The third kappa shape index (κ3) is 2.62. The number of nitrogens with zero attached hydrogens (tertiary/aromatic N) is 2. The highest BCUT2D eigenvalue weighted by Gasteiger charge is 2.24. The average molecular weight is 314 g/mol. The molecule has 0 radical (unpaired) electrons. The van der Waals surface area contributed by atoms with E-state index in [1.54, 1.807) is 0 Å². The zero-order valence-electron chi connectivity index (χ0n) is 14.5. The molecule has 0 saturated carbocycles. The van der Waals surface area contributed by atoms with E-state index in [-0.39, 0.29) is 6.04 Å². The molecule has 0 amide bonds. The minimum Gasteiger partial charge on any atom is -0.180 e. The van der Waals surface area contributed by atoms with Crippen molar-refractivity contribution < 1.29 is 0 Å². The summed E-state index contributed by atoms with van der Waals surface area (Å²) in [7, 11) is 0. The summed E-state index contributed by atoms with van der Waals surface area (Å²) >= 11 is 0. The number of allylic oxidation sites excluding steroid dienone is 4. The van der Waals surface area contributed by atoms with Crippen molar-refractivity contribution in [3.63, 3.8) is 0 Å². The van der Waals surface area contributed by atoms with E-state index in [0.717, 1.165) is 12.1 Å². The van der Waals surface area contributed by atoms with Crippen molar-refractivity contribution in [1.82, 2.24) is 0 Å². The molecule has 0 N–H and O–H groups in total. The third-order valence-electron chi connectivity index (χ3n) is 4.90. The lowest BCUT2D eigenvalue weighted by Crippen LogP contribution is -2.00. The normalized spacial score (nSPS) is 18.8. The lowest BCUT2D eigenvalue weighted by atomic mass is 9.94. The van der Waals surface area contributed by atoms with Gasteiger partial charge in [-0.05, 0) is 47.6 Å². The molecule has 2 aromatic rings. The summed E-state index contributed by atoms with van der Waals surface area (Å²) in [4.78, 5) is 0. The van der Waals surface area contributed by atoms with Crippen LogP contribution in [0, 0.1) is 12.8 Å². The lowest BCUT2D eigenvalue weighted by Gasteiger charge is -2.12. The fourth-order valence-electron chi connectivity index (χ4n) is 3.43. The van der Waals surface area contributed by atoms with Crippen LogP contribution in [0.15, 0.2) is 64.8 Å². The van der Waals surface area contributed by atoms with Crippen LogP contribution in [0.4, 0.5) is 5.69 Å². The average Bonchev–Trinajstić information content (AvgIpc) is 3.22. The maximum absolute atomic E-state index is 4.43. The second kappa shape index (κ2) is 5.86. The number of fused-ring (bicyclic) bond motifs is 1. The zero-order chi connectivity index (χ0) is 16.7. The van der Waals surface area contributed by atoms with Gasteiger partial charge in [0.05, 0.1) is 5.69 Å². The van der Waals surface area contributed by atoms with Gasteiger partial charge in [-0.15, -0.1) is 0 Å². The Balaban J connectivity index is 1.62. The van der Waals surface area contributed by atoms with E-state index >= 15 is 0 Å². The molecular weight excluding hydrogens is 292 g/mol. The van der Waals surface area contributed by atoms with Crippen LogP contribution < -0.4 is 0 Å². The van der Waals surface area contributed by atoms with E-state index in [0.29, 0.717) is 5.92 Å². The Morgan fingerprint density at radius 2 is 1.75 bits per heavy atom. The van der Waals surface area contributed by atoms with E-state index in [2.05, 4.69) is 85.6 Å². The number of hydrogen-bond acceptors (Lipinski definition) is 2. The fourth-order valence-corrected chi connectivity index (χ4v) is 3.43. The van der Waals surface area contributed by atoms with Crippen molar-refractivity contribution in [3.05, 3.63) is 76.9 Å². The van der Waals surface area contributed by atoms with Crippen LogP contribution in [0.1, 0.15) is 48.6 Å². The highest BCUT2D eigenvalue weighted by Crippen LogP contribution is 2.42. The second-order valence-electron chi connectivity index (χ2n) is 7.08. The minimum absolute atomic E-state index is 0.213. The minimum atomic E-state index is 0.213. The number of aryl methyl sites for hydroxylation is 1. The van der Waals surface area contributed by atoms with Crippen LogP contribution in [0.2, 0.25) is 0 Å². The largest absolute Gasteiger partial charge is 0.180 e. The van der Waals surface area contributed by atoms with Gasteiger partial charge >= 0.3 is 0 Å². The zero-order valence-corrected chi connectivity index (χ0v) is 14.5. The first-order valence-corrected chi connectivity index (χ1v) is 8.65. The monoisotopic (exact) mass is 314 g/mol. The molecule has 0 fully saturated rings. The van der Waals surface area contributed by atoms with Crippen molar-refractivity contribution in [3.8, 4) is 0 Å². The van der Waals surface area contributed by atoms with E-state index in [9.17, 15) is 0 Å². The van der Waals surface area contributed by atoms with Crippen LogP contribution >= 0.6 is 0 Å². The highest BCUT2D eigenvalue weighted by atomic mass is 15.2. The van der Waals surface area contributed by atoms with Gasteiger partial charge in [0.25, 0.3) is 0 Å². The molecule has 1 atom stereocenters. The Bertz CT molecular complexity index is 867. The number of rotatable bonds is 3. The van der Waals surface area contributed by atoms with E-state index < -0.39 is 0 Å². The summed E-state index contributed by atoms with van der Waals surface area (Å²) < 4.78 is 0. The molecule has 1 aliphatic heterocycles. The Labute approximate surface area is 143 Å². The SMILES string of the molecule is Cc1ccc(C2=CC(c3ccc4c(c3)N=NC4C(C)C)=CC2)cc1. The molecule has 1 heterocycles. The van der Waals surface area contributed by atoms with Gasteiger partial charge in [0, 0.05) is 5.56 Å². The number of hydrogen-bond donors (Lipinski definition) is 0. The first-order chi connectivity index (χ1) is 11.6. The first-order valence-electron chi connectivity index (χ1n) is 8.65. The maximum Gasteiger partial charge on any atom is 0.101 e. The van der Waals surface area contributed by atoms with E-state index in [1.165, 1.54) is 33.4 Å². The third-order valence-corrected chi connectivity index (χ3v) is 4.90. The van der Waals surface area contributed by atoms with Gasteiger partial charge in [-0.25, -0.2) is 0 Å². The summed E-state index contributed by atoms with van der Waals surface area (Å²) in [6, 6.07) is 15.6. The highest BCUT2D eigenvalue weighted by molar-refractivity contribution is 5.90. The van der Waals surface area contributed by atoms with E-state index in [4.69, 9.17) is 0 Å². The Kier molecular flexibility index (Phi) is 3.68. The molecule has 1 aliphatic carbocycles. The van der Waals surface area contributed by atoms with Crippen molar-refractivity contribution in [2.45, 2.75) is 33.2 Å². The molecule has 120 valence electrons. The van der Waals surface area contributed by atoms with Gasteiger partial charge in [0.1, 0.15) is 6.04 Å². The predicted octanol–water partition coefficient (Wildman–Crippen LogP) is 6.66. The smallest absolute Gasteiger partial charge is 0.101 e. The topological polar surface area (TPSA) is 24.7 Å². The van der Waals surface area contributed by atoms with Crippen LogP contribution in [-0.2, 0) is 0 Å². The lowest BCUT2D eigenvalue weighted by molar-refractivity contribution is 0.515. The van der Waals surface area contributed by atoms with Crippen LogP contribution in [0.5, 0.6) is 0 Å². The van der Waals surface area contributed by atoms with Gasteiger partial charge in [0.2, 0.25) is 0 Å². The van der Waals surface area contributed by atoms with Gasteiger partial charge in [-0.3, -0.25) is 0 Å². The molecule has 1 unspecified atom stereocenters. The van der Waals surface area contributed by atoms with Crippen molar-refractivity contribution >= 4 is 16.8 Å². The standard InChI is InChI=1S/C22H22N2/c1-14(2)22-20-11-10-19(13-21(20)23-24-22)18-9-8-17(12-18)16-6-4-15(3)5-7-16/h4-7,9-14,22H,8H2,1-3H3. The molecule has 2 aromatic carbocycles. The molecular formula is C22H22N2. The quantitative estimate of drug-likeness (QED) is 0.605. The Morgan fingerprint density at radius 3 is 2.50 bits per heavy atom. The first kappa shape index (κ1) is 15.1. The molecule has 0 bridgehead atoms. The van der Waals surface area contributed by atoms with Crippen molar-refractivity contribution in [1.29, 1.82) is 0 Å². The molecule has 2 aliphatic rings. The van der Waals surface area contributed by atoms with Crippen LogP contribution in [0.3, 0.4) is 0 Å². The van der Waals surface area contributed by atoms with Crippen molar-refractivity contribution in [2.24, 2.45) is 16.1 Å². The van der Waals surface area contributed by atoms with Gasteiger partial charge in [-0.2, -0.15) is 10.2 Å². The van der Waals surface area contributed by atoms with Gasteiger partial charge in [-0.1, -0.05) is 68.0 Å². The predicted molar refractivity (Wildman–Crippen MR) is 100 cm³/mol. The summed E-state index contributed by atoms with van der Waals surface area (Å²) in [5.41, 5.74) is 8.81. The van der Waals surface area contributed by atoms with Crippen LogP contribution in [0.25, 0.3) is 11.1 Å². The summed E-state index contributed by atoms with van der Waals surface area (Å²) in [5.74, 6) is 0.486. The fraction of sp³-hybridized carbons (Fsp3) is 0.273. The molecule has 2 nitrogen and oxygen atoms in total.